The van der Waals surface area contributed by atoms with Crippen LogP contribution in [0.25, 0.3) is 0 Å². The Morgan fingerprint density at radius 2 is 1.63 bits per heavy atom. The van der Waals surface area contributed by atoms with Gasteiger partial charge in [0.25, 0.3) is 5.91 Å². The summed E-state index contributed by atoms with van der Waals surface area (Å²) in [5.41, 5.74) is 2.76. The Morgan fingerprint density at radius 1 is 0.971 bits per heavy atom. The zero-order chi connectivity index (χ0) is 24.8. The molecule has 1 saturated heterocycles. The van der Waals surface area contributed by atoms with Gasteiger partial charge in [0.2, 0.25) is 10.0 Å². The first-order valence-electron chi connectivity index (χ1n) is 12.7. The molecular weight excluding hydrogens is 460 g/mol. The van der Waals surface area contributed by atoms with Crippen LogP contribution < -0.4 is 5.32 Å². The van der Waals surface area contributed by atoms with Crippen LogP contribution in [0.5, 0.6) is 0 Å². The van der Waals surface area contributed by atoms with Gasteiger partial charge in [0.1, 0.15) is 0 Å². The van der Waals surface area contributed by atoms with E-state index in [0.717, 1.165) is 64.0 Å². The van der Waals surface area contributed by atoms with Crippen molar-refractivity contribution in [1.29, 1.82) is 0 Å². The topological polar surface area (TPSA) is 73.0 Å². The molecule has 1 N–H and O–H groups in total. The second-order valence-electron chi connectivity index (χ2n) is 9.92. The Bertz CT molecular complexity index is 1090. The number of nitrogens with one attached hydrogen (secondary N) is 1. The predicted octanol–water partition coefficient (Wildman–Crippen LogP) is 3.32. The standard InChI is InChI=1S/C27H38N4O3S/c1-29-15-17-31(18-16-29)21-23-8-6-7-22(19-23)20-28-27(32)24-11-13-26(14-12-24)35(33,34)30(2)25-9-4-3-5-10-25/h6-8,11-14,19,25H,3-5,9-10,15-18,20-21H2,1-2H3,(H,28,32). The number of hydrogen-bond acceptors (Lipinski definition) is 5. The van der Waals surface area contributed by atoms with Crippen LogP contribution in [0.2, 0.25) is 0 Å². The van der Waals surface area contributed by atoms with Crippen LogP contribution in [-0.2, 0) is 23.1 Å². The molecule has 2 aliphatic rings. The van der Waals surface area contributed by atoms with Crippen LogP contribution in [0.3, 0.4) is 0 Å². The molecule has 0 radical (unpaired) electrons. The Labute approximate surface area is 210 Å². The zero-order valence-corrected chi connectivity index (χ0v) is 21.8. The summed E-state index contributed by atoms with van der Waals surface area (Å²) in [5, 5.41) is 2.97. The fourth-order valence-electron chi connectivity index (χ4n) is 4.97. The number of rotatable bonds is 8. The van der Waals surface area contributed by atoms with Gasteiger partial charge in [-0.3, -0.25) is 9.69 Å². The first-order valence-corrected chi connectivity index (χ1v) is 14.1. The summed E-state index contributed by atoms with van der Waals surface area (Å²) in [6.07, 6.45) is 5.14. The molecule has 0 bridgehead atoms. The summed E-state index contributed by atoms with van der Waals surface area (Å²) in [5.74, 6) is -0.209. The third kappa shape index (κ3) is 6.70. The van der Waals surface area contributed by atoms with Crippen LogP contribution in [0.15, 0.2) is 53.4 Å². The van der Waals surface area contributed by atoms with E-state index < -0.39 is 10.0 Å². The second-order valence-corrected chi connectivity index (χ2v) is 11.9. The first-order chi connectivity index (χ1) is 16.8. The van der Waals surface area contributed by atoms with E-state index in [4.69, 9.17) is 0 Å². The Kier molecular flexibility index (Phi) is 8.59. The van der Waals surface area contributed by atoms with E-state index in [1.807, 2.05) is 12.1 Å². The molecule has 0 spiro atoms. The molecule has 7 nitrogen and oxygen atoms in total. The fraction of sp³-hybridized carbons (Fsp3) is 0.519. The number of likely N-dealkylation sites (N-methyl/N-ethyl adjacent to an activating group) is 1. The molecule has 190 valence electrons. The lowest BCUT2D eigenvalue weighted by Crippen LogP contribution is -2.43. The molecule has 1 heterocycles. The summed E-state index contributed by atoms with van der Waals surface area (Å²) in [4.78, 5) is 17.7. The van der Waals surface area contributed by atoms with Crippen LogP contribution in [0, 0.1) is 0 Å². The molecule has 4 rings (SSSR count). The van der Waals surface area contributed by atoms with Crippen molar-refractivity contribution in [2.45, 2.75) is 56.1 Å². The molecular formula is C27H38N4O3S. The highest BCUT2D eigenvalue weighted by Crippen LogP contribution is 2.26. The van der Waals surface area contributed by atoms with Crippen molar-refractivity contribution in [1.82, 2.24) is 19.4 Å². The lowest BCUT2D eigenvalue weighted by Gasteiger charge is -2.32. The lowest BCUT2D eigenvalue weighted by atomic mass is 9.96. The van der Waals surface area contributed by atoms with Crippen molar-refractivity contribution >= 4 is 15.9 Å². The molecule has 8 heteroatoms. The quantitative estimate of drug-likeness (QED) is 0.605. The molecule has 2 aromatic rings. The van der Waals surface area contributed by atoms with Gasteiger partial charge in [-0.25, -0.2) is 8.42 Å². The highest BCUT2D eigenvalue weighted by molar-refractivity contribution is 7.89. The zero-order valence-electron chi connectivity index (χ0n) is 20.9. The number of hydrogen-bond donors (Lipinski definition) is 1. The third-order valence-corrected chi connectivity index (χ3v) is 9.25. The van der Waals surface area contributed by atoms with Gasteiger partial charge >= 0.3 is 0 Å². The van der Waals surface area contributed by atoms with Crippen LogP contribution in [0.1, 0.15) is 53.6 Å². The lowest BCUT2D eigenvalue weighted by molar-refractivity contribution is 0.0950. The molecule has 0 unspecified atom stereocenters. The third-order valence-electron chi connectivity index (χ3n) is 7.33. The van der Waals surface area contributed by atoms with Crippen molar-refractivity contribution in [2.24, 2.45) is 0 Å². The van der Waals surface area contributed by atoms with Crippen molar-refractivity contribution in [3.05, 3.63) is 65.2 Å². The maximum atomic E-state index is 13.0. The molecule has 1 aliphatic heterocycles. The molecule has 0 aromatic heterocycles. The average Bonchev–Trinajstić information content (AvgIpc) is 2.89. The van der Waals surface area contributed by atoms with Crippen molar-refractivity contribution in [3.63, 3.8) is 0 Å². The molecule has 2 aromatic carbocycles. The minimum absolute atomic E-state index is 0.0590. The number of sulfonamides is 1. The molecule has 0 atom stereocenters. The SMILES string of the molecule is CN1CCN(Cc2cccc(CNC(=O)c3ccc(S(=O)(=O)N(C)C4CCCCC4)cc3)c2)CC1. The number of carbonyl (C=O) groups excluding carboxylic acids is 1. The van der Waals surface area contributed by atoms with Gasteiger partial charge in [0, 0.05) is 57.9 Å². The Morgan fingerprint density at radius 3 is 2.31 bits per heavy atom. The van der Waals surface area contributed by atoms with Gasteiger partial charge in [-0.15, -0.1) is 0 Å². The van der Waals surface area contributed by atoms with Crippen LogP contribution in [-0.4, -0.2) is 74.7 Å². The van der Waals surface area contributed by atoms with Gasteiger partial charge in [-0.1, -0.05) is 43.5 Å². The van der Waals surface area contributed by atoms with E-state index in [1.54, 1.807) is 31.3 Å². The molecule has 1 aliphatic carbocycles. The van der Waals surface area contributed by atoms with Gasteiger partial charge in [0.05, 0.1) is 4.90 Å². The van der Waals surface area contributed by atoms with Gasteiger partial charge in [0.15, 0.2) is 0 Å². The molecule has 1 amide bonds. The first kappa shape index (κ1) is 25.8. The number of benzene rings is 2. The van der Waals surface area contributed by atoms with Crippen LogP contribution in [0.4, 0.5) is 0 Å². The second kappa shape index (κ2) is 11.6. The van der Waals surface area contributed by atoms with E-state index in [-0.39, 0.29) is 16.8 Å². The van der Waals surface area contributed by atoms with E-state index >= 15 is 0 Å². The summed E-state index contributed by atoms with van der Waals surface area (Å²) in [6, 6.07) is 14.7. The summed E-state index contributed by atoms with van der Waals surface area (Å²) in [7, 11) is 0.265. The smallest absolute Gasteiger partial charge is 0.251 e. The summed E-state index contributed by atoms with van der Waals surface area (Å²) >= 11 is 0. The highest BCUT2D eigenvalue weighted by Gasteiger charge is 2.29. The number of nitrogens with zero attached hydrogens (tertiary/aromatic N) is 3. The van der Waals surface area contributed by atoms with Gasteiger partial charge < -0.3 is 10.2 Å². The predicted molar refractivity (Wildman–Crippen MR) is 139 cm³/mol. The molecule has 1 saturated carbocycles. The van der Waals surface area contributed by atoms with E-state index in [2.05, 4.69) is 34.3 Å². The Hall–Kier alpha value is -2.26. The largest absolute Gasteiger partial charge is 0.348 e. The average molecular weight is 499 g/mol. The summed E-state index contributed by atoms with van der Waals surface area (Å²) < 4.78 is 27.6. The molecule has 2 fully saturated rings. The highest BCUT2D eigenvalue weighted by atomic mass is 32.2. The number of amides is 1. The van der Waals surface area contributed by atoms with E-state index in [9.17, 15) is 13.2 Å². The fourth-order valence-corrected chi connectivity index (χ4v) is 6.39. The minimum atomic E-state index is -3.56. The van der Waals surface area contributed by atoms with E-state index in [1.165, 1.54) is 16.3 Å². The molecule has 35 heavy (non-hydrogen) atoms. The number of piperazine rings is 1. The number of carbonyl (C=O) groups is 1. The van der Waals surface area contributed by atoms with Crippen molar-refractivity contribution < 1.29 is 13.2 Å². The maximum absolute atomic E-state index is 13.0. The van der Waals surface area contributed by atoms with Crippen molar-refractivity contribution in [2.75, 3.05) is 40.3 Å². The van der Waals surface area contributed by atoms with Gasteiger partial charge in [-0.2, -0.15) is 4.31 Å². The minimum Gasteiger partial charge on any atom is -0.348 e. The maximum Gasteiger partial charge on any atom is 0.251 e. The monoisotopic (exact) mass is 498 g/mol. The van der Waals surface area contributed by atoms with Crippen LogP contribution >= 0.6 is 0 Å². The normalized spacial score (nSPS) is 18.6. The Balaban J connectivity index is 1.32. The summed E-state index contributed by atoms with van der Waals surface area (Å²) in [6.45, 7) is 5.67. The van der Waals surface area contributed by atoms with Gasteiger partial charge in [-0.05, 0) is 55.3 Å². The van der Waals surface area contributed by atoms with Crippen molar-refractivity contribution in [3.8, 4) is 0 Å². The van der Waals surface area contributed by atoms with E-state index in [0.29, 0.717) is 12.1 Å².